The van der Waals surface area contributed by atoms with Crippen molar-refractivity contribution in [3.05, 3.63) is 28.4 Å². The molecule has 2 aromatic rings. The fraction of sp³-hybridized carbons (Fsp3) is 0.462. The zero-order valence-corrected chi connectivity index (χ0v) is 12.9. The summed E-state index contributed by atoms with van der Waals surface area (Å²) in [5.74, 6) is 0. The van der Waals surface area contributed by atoms with Crippen molar-refractivity contribution in [1.82, 2.24) is 20.5 Å². The fourth-order valence-electron chi connectivity index (χ4n) is 1.62. The summed E-state index contributed by atoms with van der Waals surface area (Å²) in [5, 5.41) is 14.2. The Morgan fingerprint density at radius 3 is 2.95 bits per heavy atom. The average Bonchev–Trinajstić information content (AvgIpc) is 2.92. The second-order valence-corrected chi connectivity index (χ2v) is 5.71. The fourth-order valence-corrected chi connectivity index (χ4v) is 2.59. The van der Waals surface area contributed by atoms with Crippen LogP contribution in [0.3, 0.4) is 0 Å². The second kappa shape index (κ2) is 8.26. The Balaban J connectivity index is 1.79. The Hall–Kier alpha value is -1.08. The van der Waals surface area contributed by atoms with E-state index >= 15 is 0 Å². The number of aromatic nitrogens is 3. The van der Waals surface area contributed by atoms with Crippen molar-refractivity contribution in [2.45, 2.75) is 12.8 Å². The third kappa shape index (κ3) is 4.79. The number of ether oxygens (including phenoxy) is 1. The van der Waals surface area contributed by atoms with Crippen LogP contribution in [0.1, 0.15) is 11.4 Å². The van der Waals surface area contributed by atoms with E-state index in [1.54, 1.807) is 24.6 Å². The molecular formula is C13H17ClN4OS. The highest BCUT2D eigenvalue weighted by atomic mass is 35.5. The zero-order chi connectivity index (χ0) is 14.2. The van der Waals surface area contributed by atoms with E-state index in [0.29, 0.717) is 5.02 Å². The van der Waals surface area contributed by atoms with E-state index in [4.69, 9.17) is 16.3 Å². The first-order valence-corrected chi connectivity index (χ1v) is 7.63. The van der Waals surface area contributed by atoms with Crippen molar-refractivity contribution in [2.75, 3.05) is 26.8 Å². The molecule has 0 spiro atoms. The van der Waals surface area contributed by atoms with Gasteiger partial charge in [0.05, 0.1) is 11.6 Å². The number of nitrogens with zero attached hydrogens (tertiary/aromatic N) is 3. The van der Waals surface area contributed by atoms with Crippen LogP contribution in [0.2, 0.25) is 5.02 Å². The first kappa shape index (κ1) is 15.3. The Morgan fingerprint density at radius 1 is 1.30 bits per heavy atom. The summed E-state index contributed by atoms with van der Waals surface area (Å²) in [6, 6.07) is 3.67. The van der Waals surface area contributed by atoms with Gasteiger partial charge in [-0.2, -0.15) is 0 Å². The first-order chi connectivity index (χ1) is 9.79. The van der Waals surface area contributed by atoms with E-state index in [1.165, 1.54) is 0 Å². The maximum Gasteiger partial charge on any atom is 0.166 e. The Kier molecular flexibility index (Phi) is 6.32. The molecule has 0 saturated carbocycles. The van der Waals surface area contributed by atoms with Gasteiger partial charge < -0.3 is 10.1 Å². The Morgan fingerprint density at radius 2 is 2.20 bits per heavy atom. The normalized spacial score (nSPS) is 10.9. The molecule has 2 heterocycles. The minimum atomic E-state index is 0.626. The molecule has 0 radical (unpaired) electrons. The summed E-state index contributed by atoms with van der Waals surface area (Å²) in [4.78, 5) is 4.24. The van der Waals surface area contributed by atoms with Gasteiger partial charge in [0.25, 0.3) is 0 Å². The van der Waals surface area contributed by atoms with Crippen molar-refractivity contribution in [1.29, 1.82) is 0 Å². The summed E-state index contributed by atoms with van der Waals surface area (Å²) < 4.78 is 4.97. The van der Waals surface area contributed by atoms with Gasteiger partial charge in [-0.25, -0.2) is 0 Å². The summed E-state index contributed by atoms with van der Waals surface area (Å²) in [5.41, 5.74) is 0.816. The molecule has 7 heteroatoms. The summed E-state index contributed by atoms with van der Waals surface area (Å²) in [7, 11) is 1.70. The lowest BCUT2D eigenvalue weighted by Crippen LogP contribution is -2.20. The minimum absolute atomic E-state index is 0.626. The molecule has 2 rings (SSSR count). The van der Waals surface area contributed by atoms with E-state index in [2.05, 4.69) is 20.5 Å². The number of aryl methyl sites for hydroxylation is 1. The number of nitrogens with one attached hydrogen (secondary N) is 1. The van der Waals surface area contributed by atoms with Crippen LogP contribution in [0, 0.1) is 0 Å². The monoisotopic (exact) mass is 312 g/mol. The lowest BCUT2D eigenvalue weighted by atomic mass is 10.3. The molecule has 0 atom stereocenters. The maximum absolute atomic E-state index is 5.81. The molecule has 2 aromatic heterocycles. The standard InChI is InChI=1S/C13H17ClN4OS/c1-19-8-7-15-6-2-3-12-17-18-13(20-12)11-5-4-10(14)9-16-11/h4-5,9,15H,2-3,6-8H2,1H3. The largest absolute Gasteiger partial charge is 0.383 e. The van der Waals surface area contributed by atoms with Crippen molar-refractivity contribution in [3.8, 4) is 10.7 Å². The number of rotatable bonds is 8. The lowest BCUT2D eigenvalue weighted by molar-refractivity contribution is 0.199. The molecule has 0 aromatic carbocycles. The highest BCUT2D eigenvalue weighted by Crippen LogP contribution is 2.23. The van der Waals surface area contributed by atoms with Crippen LogP contribution in [0.5, 0.6) is 0 Å². The highest BCUT2D eigenvalue weighted by Gasteiger charge is 2.07. The smallest absolute Gasteiger partial charge is 0.166 e. The SMILES string of the molecule is COCCNCCCc1nnc(-c2ccc(Cl)cn2)s1. The van der Waals surface area contributed by atoms with Crippen LogP contribution in [0.4, 0.5) is 0 Å². The van der Waals surface area contributed by atoms with Gasteiger partial charge in [0.1, 0.15) is 10.7 Å². The Labute approximate surface area is 127 Å². The summed E-state index contributed by atoms with van der Waals surface area (Å²) in [6.07, 6.45) is 3.58. The molecule has 1 N–H and O–H groups in total. The molecule has 0 fully saturated rings. The van der Waals surface area contributed by atoms with Gasteiger partial charge in [0.2, 0.25) is 0 Å². The van der Waals surface area contributed by atoms with Crippen LogP contribution >= 0.6 is 22.9 Å². The zero-order valence-electron chi connectivity index (χ0n) is 11.3. The average molecular weight is 313 g/mol. The molecular weight excluding hydrogens is 296 g/mol. The van der Waals surface area contributed by atoms with E-state index in [0.717, 1.165) is 48.2 Å². The van der Waals surface area contributed by atoms with Gasteiger partial charge in [-0.05, 0) is 25.1 Å². The Bertz CT molecular complexity index is 517. The quantitative estimate of drug-likeness (QED) is 0.759. The van der Waals surface area contributed by atoms with Crippen LogP contribution in [0.25, 0.3) is 10.7 Å². The van der Waals surface area contributed by atoms with Gasteiger partial charge in [0.15, 0.2) is 5.01 Å². The molecule has 0 aliphatic carbocycles. The summed E-state index contributed by atoms with van der Waals surface area (Å²) in [6.45, 7) is 2.58. The lowest BCUT2D eigenvalue weighted by Gasteiger charge is -2.01. The van der Waals surface area contributed by atoms with Gasteiger partial charge >= 0.3 is 0 Å². The minimum Gasteiger partial charge on any atom is -0.383 e. The number of pyridine rings is 1. The predicted octanol–water partition coefficient (Wildman–Crippen LogP) is 2.42. The molecule has 5 nitrogen and oxygen atoms in total. The number of methoxy groups -OCH3 is 1. The number of halogens is 1. The van der Waals surface area contributed by atoms with Crippen LogP contribution in [-0.4, -0.2) is 42.0 Å². The van der Waals surface area contributed by atoms with E-state index in [1.807, 2.05) is 12.1 Å². The van der Waals surface area contributed by atoms with Gasteiger partial charge in [-0.1, -0.05) is 22.9 Å². The third-order valence-corrected chi connectivity index (χ3v) is 3.87. The predicted molar refractivity (Wildman–Crippen MR) is 81.2 cm³/mol. The van der Waals surface area contributed by atoms with Crippen LogP contribution < -0.4 is 5.32 Å². The molecule has 0 unspecified atom stereocenters. The van der Waals surface area contributed by atoms with E-state index < -0.39 is 0 Å². The van der Waals surface area contributed by atoms with Crippen molar-refractivity contribution < 1.29 is 4.74 Å². The maximum atomic E-state index is 5.81. The number of hydrogen-bond donors (Lipinski definition) is 1. The molecule has 20 heavy (non-hydrogen) atoms. The molecule has 0 bridgehead atoms. The van der Waals surface area contributed by atoms with E-state index in [-0.39, 0.29) is 0 Å². The summed E-state index contributed by atoms with van der Waals surface area (Å²) >= 11 is 7.39. The third-order valence-electron chi connectivity index (χ3n) is 2.64. The molecule has 0 saturated heterocycles. The molecule has 108 valence electrons. The second-order valence-electron chi connectivity index (χ2n) is 4.21. The molecule has 0 aliphatic rings. The van der Waals surface area contributed by atoms with Gasteiger partial charge in [-0.15, -0.1) is 10.2 Å². The van der Waals surface area contributed by atoms with Crippen molar-refractivity contribution in [2.24, 2.45) is 0 Å². The van der Waals surface area contributed by atoms with Crippen LogP contribution in [0.15, 0.2) is 18.3 Å². The van der Waals surface area contributed by atoms with Crippen LogP contribution in [-0.2, 0) is 11.2 Å². The van der Waals surface area contributed by atoms with Gasteiger partial charge in [-0.3, -0.25) is 4.98 Å². The van der Waals surface area contributed by atoms with Crippen molar-refractivity contribution in [3.63, 3.8) is 0 Å². The highest BCUT2D eigenvalue weighted by molar-refractivity contribution is 7.14. The first-order valence-electron chi connectivity index (χ1n) is 6.43. The van der Waals surface area contributed by atoms with Gasteiger partial charge in [0, 0.05) is 26.3 Å². The molecule has 0 amide bonds. The topological polar surface area (TPSA) is 59.9 Å². The molecule has 0 aliphatic heterocycles. The number of hydrogen-bond acceptors (Lipinski definition) is 6. The van der Waals surface area contributed by atoms with Crippen molar-refractivity contribution >= 4 is 22.9 Å². The van der Waals surface area contributed by atoms with E-state index in [9.17, 15) is 0 Å².